The summed E-state index contributed by atoms with van der Waals surface area (Å²) < 4.78 is 39.8. The van der Waals surface area contributed by atoms with E-state index in [1.807, 2.05) is 0 Å². The number of carbonyl (C=O) groups is 1. The Bertz CT molecular complexity index is 1250. The molecule has 0 atom stereocenters. The number of likely N-dealkylation sites (N-methyl/N-ethyl adjacent to an activating group) is 1. The zero-order valence-corrected chi connectivity index (χ0v) is 19.6. The number of aromatic nitrogens is 1. The normalized spacial score (nSPS) is 15.1. The molecule has 2 N–H and O–H groups in total. The fraction of sp³-hybridized carbons (Fsp3) is 0.320. The first-order valence-electron chi connectivity index (χ1n) is 11.5. The van der Waals surface area contributed by atoms with Crippen LogP contribution in [0.3, 0.4) is 0 Å². The van der Waals surface area contributed by atoms with Crippen LogP contribution < -0.4 is 5.32 Å². The van der Waals surface area contributed by atoms with Crippen LogP contribution in [0, 0.1) is 10.1 Å². The first-order chi connectivity index (χ1) is 17.1. The summed E-state index contributed by atoms with van der Waals surface area (Å²) in [5.41, 5.74) is -0.132. The molecule has 4 rings (SSSR count). The predicted molar refractivity (Wildman–Crippen MR) is 130 cm³/mol. The van der Waals surface area contributed by atoms with Crippen LogP contribution in [-0.2, 0) is 6.18 Å². The SMILES string of the molecule is CN1CCN(CCNC(=O)c2cc(-c3cccc(C(F)(F)F)c3)[nH]c2-c2ccccc2[N+](=O)[O-])CC1. The van der Waals surface area contributed by atoms with Gasteiger partial charge < -0.3 is 15.2 Å². The molecule has 8 nitrogen and oxygen atoms in total. The van der Waals surface area contributed by atoms with Gasteiger partial charge in [0.1, 0.15) is 0 Å². The molecule has 190 valence electrons. The maximum atomic E-state index is 13.3. The summed E-state index contributed by atoms with van der Waals surface area (Å²) in [6, 6.07) is 12.1. The van der Waals surface area contributed by atoms with Crippen LogP contribution >= 0.6 is 0 Å². The summed E-state index contributed by atoms with van der Waals surface area (Å²) in [6.07, 6.45) is -4.53. The fourth-order valence-electron chi connectivity index (χ4n) is 4.20. The van der Waals surface area contributed by atoms with E-state index in [0.29, 0.717) is 13.1 Å². The van der Waals surface area contributed by atoms with Crippen molar-refractivity contribution in [2.75, 3.05) is 46.3 Å². The van der Waals surface area contributed by atoms with E-state index in [2.05, 4.69) is 27.1 Å². The number of amides is 1. The highest BCUT2D eigenvalue weighted by molar-refractivity contribution is 6.02. The first-order valence-corrected chi connectivity index (χ1v) is 11.5. The van der Waals surface area contributed by atoms with Crippen molar-refractivity contribution in [3.05, 3.63) is 75.8 Å². The molecule has 1 amide bonds. The van der Waals surface area contributed by atoms with Crippen molar-refractivity contribution in [1.82, 2.24) is 20.1 Å². The Balaban J connectivity index is 1.65. The number of nitro benzene ring substituents is 1. The molecular weight excluding hydrogens is 475 g/mol. The summed E-state index contributed by atoms with van der Waals surface area (Å²) in [5, 5.41) is 14.5. The second-order valence-electron chi connectivity index (χ2n) is 8.73. The van der Waals surface area contributed by atoms with Crippen molar-refractivity contribution in [1.29, 1.82) is 0 Å². The molecule has 3 aromatic rings. The molecular formula is C25H26F3N5O3. The largest absolute Gasteiger partial charge is 0.416 e. The number of nitro groups is 1. The number of halogens is 3. The van der Waals surface area contributed by atoms with Crippen LogP contribution in [0.4, 0.5) is 18.9 Å². The molecule has 1 aliphatic heterocycles. The molecule has 36 heavy (non-hydrogen) atoms. The molecule has 11 heteroatoms. The monoisotopic (exact) mass is 501 g/mol. The molecule has 0 unspecified atom stereocenters. The third kappa shape index (κ3) is 5.74. The van der Waals surface area contributed by atoms with Crippen LogP contribution in [0.2, 0.25) is 0 Å². The summed E-state index contributed by atoms with van der Waals surface area (Å²) in [7, 11) is 2.05. The minimum Gasteiger partial charge on any atom is -0.354 e. The Hall–Kier alpha value is -3.70. The Labute approximate surface area is 205 Å². The number of piperazine rings is 1. The van der Waals surface area contributed by atoms with Crippen LogP contribution in [0.15, 0.2) is 54.6 Å². The predicted octanol–water partition coefficient (Wildman–Crippen LogP) is 4.25. The quantitative estimate of drug-likeness (QED) is 0.373. The third-order valence-corrected chi connectivity index (χ3v) is 6.24. The molecule has 1 aromatic heterocycles. The maximum absolute atomic E-state index is 13.3. The molecule has 0 saturated carbocycles. The van der Waals surface area contributed by atoms with Crippen LogP contribution in [-0.4, -0.2) is 71.9 Å². The van der Waals surface area contributed by atoms with Crippen molar-refractivity contribution >= 4 is 11.6 Å². The minimum absolute atomic E-state index is 0.120. The Morgan fingerprint density at radius 2 is 1.81 bits per heavy atom. The van der Waals surface area contributed by atoms with E-state index in [9.17, 15) is 28.1 Å². The lowest BCUT2D eigenvalue weighted by atomic mass is 10.0. The fourth-order valence-corrected chi connectivity index (χ4v) is 4.20. The Morgan fingerprint density at radius 1 is 1.08 bits per heavy atom. The Kier molecular flexibility index (Phi) is 7.41. The van der Waals surface area contributed by atoms with E-state index in [1.165, 1.54) is 36.4 Å². The lowest BCUT2D eigenvalue weighted by molar-refractivity contribution is -0.384. The van der Waals surface area contributed by atoms with Gasteiger partial charge in [-0.25, -0.2) is 0 Å². The summed E-state index contributed by atoms with van der Waals surface area (Å²) >= 11 is 0. The van der Waals surface area contributed by atoms with Crippen molar-refractivity contribution in [2.24, 2.45) is 0 Å². The van der Waals surface area contributed by atoms with Gasteiger partial charge in [0, 0.05) is 51.0 Å². The average molecular weight is 502 g/mol. The lowest BCUT2D eigenvalue weighted by Gasteiger charge is -2.32. The summed E-state index contributed by atoms with van der Waals surface area (Å²) in [5.74, 6) is -0.466. The van der Waals surface area contributed by atoms with E-state index in [1.54, 1.807) is 6.07 Å². The molecule has 1 saturated heterocycles. The first kappa shape index (κ1) is 25.4. The highest BCUT2D eigenvalue weighted by atomic mass is 19.4. The van der Waals surface area contributed by atoms with Gasteiger partial charge in [0.15, 0.2) is 0 Å². The maximum Gasteiger partial charge on any atom is 0.416 e. The van der Waals surface area contributed by atoms with Crippen LogP contribution in [0.25, 0.3) is 22.5 Å². The minimum atomic E-state index is -4.53. The van der Waals surface area contributed by atoms with E-state index >= 15 is 0 Å². The molecule has 0 bridgehead atoms. The lowest BCUT2D eigenvalue weighted by Crippen LogP contribution is -2.46. The van der Waals surface area contributed by atoms with Crippen molar-refractivity contribution < 1.29 is 22.9 Å². The zero-order valence-electron chi connectivity index (χ0n) is 19.6. The highest BCUT2D eigenvalue weighted by Gasteiger charge is 2.31. The summed E-state index contributed by atoms with van der Waals surface area (Å²) in [4.78, 5) is 31.7. The number of benzene rings is 2. The summed E-state index contributed by atoms with van der Waals surface area (Å²) in [6.45, 7) is 4.66. The number of hydrogen-bond donors (Lipinski definition) is 2. The number of H-pyrrole nitrogens is 1. The zero-order chi connectivity index (χ0) is 25.9. The van der Waals surface area contributed by atoms with Crippen molar-refractivity contribution in [2.45, 2.75) is 6.18 Å². The highest BCUT2D eigenvalue weighted by Crippen LogP contribution is 2.36. The molecule has 1 fully saturated rings. The second kappa shape index (κ2) is 10.5. The number of nitrogens with zero attached hydrogens (tertiary/aromatic N) is 3. The van der Waals surface area contributed by atoms with E-state index in [4.69, 9.17) is 0 Å². The number of rotatable bonds is 7. The molecule has 2 aromatic carbocycles. The van der Waals surface area contributed by atoms with Gasteiger partial charge in [-0.1, -0.05) is 24.3 Å². The number of aromatic amines is 1. The van der Waals surface area contributed by atoms with Crippen molar-refractivity contribution in [3.63, 3.8) is 0 Å². The van der Waals surface area contributed by atoms with E-state index < -0.39 is 22.6 Å². The molecule has 0 spiro atoms. The molecule has 0 radical (unpaired) electrons. The average Bonchev–Trinajstić information content (AvgIpc) is 3.30. The smallest absolute Gasteiger partial charge is 0.354 e. The second-order valence-corrected chi connectivity index (χ2v) is 8.73. The van der Waals surface area contributed by atoms with Gasteiger partial charge >= 0.3 is 6.18 Å². The molecule has 0 aliphatic carbocycles. The van der Waals surface area contributed by atoms with Gasteiger partial charge in [-0.15, -0.1) is 0 Å². The van der Waals surface area contributed by atoms with E-state index in [0.717, 1.165) is 38.3 Å². The number of carbonyl (C=O) groups excluding carboxylic acids is 1. The van der Waals surface area contributed by atoms with Crippen LogP contribution in [0.5, 0.6) is 0 Å². The van der Waals surface area contributed by atoms with Gasteiger partial charge in [0.2, 0.25) is 0 Å². The molecule has 2 heterocycles. The molecule has 1 aliphatic rings. The number of alkyl halides is 3. The number of hydrogen-bond acceptors (Lipinski definition) is 5. The third-order valence-electron chi connectivity index (χ3n) is 6.24. The van der Waals surface area contributed by atoms with Crippen molar-refractivity contribution in [3.8, 4) is 22.5 Å². The number of para-hydroxylation sites is 1. The number of nitrogens with one attached hydrogen (secondary N) is 2. The van der Waals surface area contributed by atoms with Gasteiger partial charge in [0.25, 0.3) is 11.6 Å². The van der Waals surface area contributed by atoms with E-state index in [-0.39, 0.29) is 33.8 Å². The van der Waals surface area contributed by atoms with Gasteiger partial charge in [0.05, 0.1) is 27.3 Å². The standard InChI is InChI=1S/C25H26F3N5O3/c1-31-11-13-32(14-12-31)10-9-29-24(34)20-16-21(17-5-4-6-18(15-17)25(26,27)28)30-23(20)19-7-2-3-8-22(19)33(35)36/h2-8,15-16,30H,9-14H2,1H3,(H,29,34). The van der Waals surface area contributed by atoms with Gasteiger partial charge in [-0.2, -0.15) is 13.2 Å². The van der Waals surface area contributed by atoms with Gasteiger partial charge in [-0.05, 0) is 36.9 Å². The topological polar surface area (TPSA) is 94.5 Å². The Morgan fingerprint density at radius 3 is 2.50 bits per heavy atom. The van der Waals surface area contributed by atoms with Crippen LogP contribution in [0.1, 0.15) is 15.9 Å². The van der Waals surface area contributed by atoms with Gasteiger partial charge in [-0.3, -0.25) is 19.8 Å².